The number of fused-ring (bicyclic) bond motifs is 1. The number of aliphatic imine (C=N–C) groups is 1. The lowest BCUT2D eigenvalue weighted by atomic mass is 9.98. The highest BCUT2D eigenvalue weighted by atomic mass is 127. The Morgan fingerprint density at radius 2 is 2.03 bits per heavy atom. The second-order valence-corrected chi connectivity index (χ2v) is 9.09. The summed E-state index contributed by atoms with van der Waals surface area (Å²) in [5.41, 5.74) is 2.62. The first-order chi connectivity index (χ1) is 15.2. The minimum absolute atomic E-state index is 0. The molecule has 1 aromatic rings. The van der Waals surface area contributed by atoms with E-state index in [1.807, 2.05) is 11.9 Å². The second kappa shape index (κ2) is 12.2. The number of benzene rings is 1. The maximum Gasteiger partial charge on any atom is 0.222 e. The Morgan fingerprint density at radius 3 is 2.75 bits per heavy atom. The number of halogens is 1. The van der Waals surface area contributed by atoms with Crippen molar-refractivity contribution in [1.29, 1.82) is 0 Å². The number of para-hydroxylation sites is 1. The van der Waals surface area contributed by atoms with E-state index in [0.717, 1.165) is 77.8 Å². The molecule has 3 aliphatic heterocycles. The number of hydrogen-bond acceptors (Lipinski definition) is 4. The summed E-state index contributed by atoms with van der Waals surface area (Å²) < 4.78 is 5.46. The minimum Gasteiger partial charge on any atom is -0.379 e. The predicted molar refractivity (Wildman–Crippen MR) is 140 cm³/mol. The number of rotatable bonds is 7. The molecular weight excluding hydrogens is 517 g/mol. The van der Waals surface area contributed by atoms with Gasteiger partial charge < -0.3 is 19.9 Å². The van der Waals surface area contributed by atoms with Crippen LogP contribution in [0.25, 0.3) is 0 Å². The van der Waals surface area contributed by atoms with Crippen molar-refractivity contribution in [3.63, 3.8) is 0 Å². The summed E-state index contributed by atoms with van der Waals surface area (Å²) in [5, 5.41) is 3.62. The first-order valence-electron chi connectivity index (χ1n) is 11.8. The quantitative estimate of drug-likeness (QED) is 0.319. The van der Waals surface area contributed by atoms with E-state index in [1.165, 1.54) is 11.3 Å². The van der Waals surface area contributed by atoms with Crippen LogP contribution in [-0.2, 0) is 9.53 Å². The van der Waals surface area contributed by atoms with Crippen LogP contribution in [0.2, 0.25) is 0 Å². The van der Waals surface area contributed by atoms with E-state index < -0.39 is 0 Å². The van der Waals surface area contributed by atoms with Crippen LogP contribution in [0.5, 0.6) is 0 Å². The molecule has 178 valence electrons. The van der Waals surface area contributed by atoms with Gasteiger partial charge in [0.15, 0.2) is 5.96 Å². The molecule has 0 bridgehead atoms. The molecule has 1 amide bonds. The van der Waals surface area contributed by atoms with Gasteiger partial charge in [-0.05, 0) is 30.4 Å². The monoisotopic (exact) mass is 555 g/mol. The van der Waals surface area contributed by atoms with Gasteiger partial charge in [0.2, 0.25) is 5.91 Å². The Bertz CT molecular complexity index is 783. The highest BCUT2D eigenvalue weighted by Gasteiger charge is 2.32. The maximum absolute atomic E-state index is 12.0. The van der Waals surface area contributed by atoms with Crippen LogP contribution < -0.4 is 10.2 Å². The lowest BCUT2D eigenvalue weighted by Gasteiger charge is -2.30. The van der Waals surface area contributed by atoms with Crippen LogP contribution in [0, 0.1) is 5.92 Å². The zero-order chi connectivity index (χ0) is 21.6. The van der Waals surface area contributed by atoms with E-state index in [9.17, 15) is 4.79 Å². The summed E-state index contributed by atoms with van der Waals surface area (Å²) in [6.45, 7) is 10.7. The topological polar surface area (TPSA) is 60.4 Å². The van der Waals surface area contributed by atoms with Gasteiger partial charge in [-0.3, -0.25) is 14.7 Å². The fraction of sp³-hybridized carbons (Fsp3) is 0.667. The van der Waals surface area contributed by atoms with E-state index in [0.29, 0.717) is 24.2 Å². The van der Waals surface area contributed by atoms with Gasteiger partial charge >= 0.3 is 0 Å². The number of carbonyl (C=O) groups excluding carboxylic acids is 1. The van der Waals surface area contributed by atoms with Crippen LogP contribution in [-0.4, -0.2) is 87.7 Å². The number of guanidine groups is 1. The molecular formula is C24H38IN5O2. The van der Waals surface area contributed by atoms with E-state index >= 15 is 0 Å². The number of ether oxygens (including phenoxy) is 1. The molecule has 32 heavy (non-hydrogen) atoms. The summed E-state index contributed by atoms with van der Waals surface area (Å²) in [5.74, 6) is 2.22. The van der Waals surface area contributed by atoms with E-state index in [4.69, 9.17) is 4.74 Å². The highest BCUT2D eigenvalue weighted by Crippen LogP contribution is 2.38. The van der Waals surface area contributed by atoms with Gasteiger partial charge in [0.25, 0.3) is 0 Å². The number of nitrogens with zero attached hydrogens (tertiary/aromatic N) is 4. The lowest BCUT2D eigenvalue weighted by molar-refractivity contribution is -0.127. The number of likely N-dealkylation sites (tertiary alicyclic amines) is 1. The average Bonchev–Trinajstić information content (AvgIpc) is 3.37. The zero-order valence-corrected chi connectivity index (χ0v) is 21.8. The Morgan fingerprint density at radius 1 is 1.25 bits per heavy atom. The third-order valence-electron chi connectivity index (χ3n) is 6.74. The van der Waals surface area contributed by atoms with Crippen LogP contribution >= 0.6 is 24.0 Å². The molecule has 0 spiro atoms. The lowest BCUT2D eigenvalue weighted by Crippen LogP contribution is -2.45. The Balaban J connectivity index is 0.00000289. The van der Waals surface area contributed by atoms with Crippen LogP contribution in [0.3, 0.4) is 0 Å². The minimum atomic E-state index is 0. The standard InChI is InChI=1S/C24H37N5O2.HI/c1-19(17-27-12-14-31-15-13-27)16-26-24(25-2)29-18-20(21-6-3-4-7-22(21)29)9-11-28-10-5-8-23(28)30;/h3-4,6-7,19-20H,5,8-18H2,1-2H3,(H,25,26);1H. The molecule has 3 heterocycles. The van der Waals surface area contributed by atoms with Crippen LogP contribution in [0.15, 0.2) is 29.3 Å². The van der Waals surface area contributed by atoms with Crippen LogP contribution in [0.4, 0.5) is 5.69 Å². The molecule has 1 N–H and O–H groups in total. The molecule has 2 fully saturated rings. The number of nitrogens with one attached hydrogen (secondary N) is 1. The summed E-state index contributed by atoms with van der Waals surface area (Å²) >= 11 is 0. The van der Waals surface area contributed by atoms with Gasteiger partial charge in [0.05, 0.1) is 13.2 Å². The number of amides is 1. The fourth-order valence-corrected chi connectivity index (χ4v) is 5.04. The molecule has 2 atom stereocenters. The third-order valence-corrected chi connectivity index (χ3v) is 6.74. The summed E-state index contributed by atoms with van der Waals surface area (Å²) in [7, 11) is 1.87. The normalized spacial score (nSPS) is 22.6. The van der Waals surface area contributed by atoms with Crippen molar-refractivity contribution in [3.8, 4) is 0 Å². The molecule has 2 saturated heterocycles. The first-order valence-corrected chi connectivity index (χ1v) is 11.8. The Kier molecular flexibility index (Phi) is 9.61. The molecule has 0 saturated carbocycles. The summed E-state index contributed by atoms with van der Waals surface area (Å²) in [6, 6.07) is 8.66. The van der Waals surface area contributed by atoms with E-state index in [2.05, 4.69) is 51.3 Å². The van der Waals surface area contributed by atoms with Crippen molar-refractivity contribution in [2.45, 2.75) is 32.1 Å². The van der Waals surface area contributed by atoms with Gasteiger partial charge in [-0.2, -0.15) is 0 Å². The summed E-state index contributed by atoms with van der Waals surface area (Å²) in [6.07, 6.45) is 2.72. The maximum atomic E-state index is 12.0. The molecule has 8 heteroatoms. The Labute approximate surface area is 209 Å². The van der Waals surface area contributed by atoms with Gasteiger partial charge in [-0.1, -0.05) is 25.1 Å². The van der Waals surface area contributed by atoms with Gasteiger partial charge in [-0.15, -0.1) is 24.0 Å². The SMILES string of the molecule is CN=C(NCC(C)CN1CCOCC1)N1CC(CCN2CCCC2=O)c2ccccc21.I. The number of anilines is 1. The molecule has 0 aliphatic carbocycles. The molecule has 3 aliphatic rings. The molecule has 7 nitrogen and oxygen atoms in total. The van der Waals surface area contributed by atoms with Crippen molar-refractivity contribution in [2.24, 2.45) is 10.9 Å². The smallest absolute Gasteiger partial charge is 0.222 e. The molecule has 0 aromatic heterocycles. The Hall–Kier alpha value is -1.39. The molecule has 2 unspecified atom stereocenters. The third kappa shape index (κ3) is 6.14. The predicted octanol–water partition coefficient (Wildman–Crippen LogP) is 2.76. The van der Waals surface area contributed by atoms with Gasteiger partial charge in [0.1, 0.15) is 0 Å². The van der Waals surface area contributed by atoms with Crippen LogP contribution in [0.1, 0.15) is 37.7 Å². The van der Waals surface area contributed by atoms with E-state index in [-0.39, 0.29) is 24.0 Å². The van der Waals surface area contributed by atoms with Crippen molar-refractivity contribution in [2.75, 3.05) is 71.0 Å². The van der Waals surface area contributed by atoms with Crippen molar-refractivity contribution >= 4 is 41.5 Å². The molecule has 1 aromatic carbocycles. The number of carbonyl (C=O) groups is 1. The highest BCUT2D eigenvalue weighted by molar-refractivity contribution is 14.0. The largest absolute Gasteiger partial charge is 0.379 e. The van der Waals surface area contributed by atoms with Crippen molar-refractivity contribution in [3.05, 3.63) is 29.8 Å². The average molecular weight is 556 g/mol. The fourth-order valence-electron chi connectivity index (χ4n) is 5.04. The number of morpholine rings is 1. The zero-order valence-electron chi connectivity index (χ0n) is 19.5. The van der Waals surface area contributed by atoms with Crippen molar-refractivity contribution in [1.82, 2.24) is 15.1 Å². The van der Waals surface area contributed by atoms with Crippen molar-refractivity contribution < 1.29 is 9.53 Å². The van der Waals surface area contributed by atoms with Gasteiger partial charge in [-0.25, -0.2) is 0 Å². The summed E-state index contributed by atoms with van der Waals surface area (Å²) in [4.78, 5) is 23.5. The molecule has 0 radical (unpaired) electrons. The first kappa shape index (κ1) is 25.2. The van der Waals surface area contributed by atoms with Gasteiger partial charge in [0, 0.05) is 70.9 Å². The number of hydrogen-bond donors (Lipinski definition) is 1. The van der Waals surface area contributed by atoms with E-state index in [1.54, 1.807) is 0 Å². The second-order valence-electron chi connectivity index (χ2n) is 9.09. The molecule has 4 rings (SSSR count).